The summed E-state index contributed by atoms with van der Waals surface area (Å²) in [5.41, 5.74) is 6.33. The van der Waals surface area contributed by atoms with Crippen molar-refractivity contribution in [1.82, 2.24) is 9.97 Å². The number of nitrogens with zero attached hydrogens (tertiary/aromatic N) is 1. The molecule has 14 heavy (non-hydrogen) atoms. The van der Waals surface area contributed by atoms with Crippen LogP contribution < -0.4 is 11.3 Å². The maximum absolute atomic E-state index is 11.7. The Bertz CT molecular complexity index is 514. The summed E-state index contributed by atoms with van der Waals surface area (Å²) in [7, 11) is 0. The minimum atomic E-state index is -0.0754. The zero-order valence-corrected chi connectivity index (χ0v) is 8.65. The first-order valence-corrected chi connectivity index (χ1v) is 5.33. The Hall–Kier alpha value is -1.20. The fourth-order valence-electron chi connectivity index (χ4n) is 1.37. The van der Waals surface area contributed by atoms with E-state index >= 15 is 0 Å². The highest BCUT2D eigenvalue weighted by molar-refractivity contribution is 7.16. The minimum absolute atomic E-state index is 0.0754. The molecule has 2 rings (SSSR count). The van der Waals surface area contributed by atoms with Gasteiger partial charge in [-0.25, -0.2) is 4.98 Å². The van der Waals surface area contributed by atoms with Crippen molar-refractivity contribution in [3.05, 3.63) is 27.1 Å². The van der Waals surface area contributed by atoms with E-state index in [1.165, 1.54) is 11.3 Å². The highest BCUT2D eigenvalue weighted by Crippen LogP contribution is 2.20. The summed E-state index contributed by atoms with van der Waals surface area (Å²) in [4.78, 5) is 19.5. The number of aryl methyl sites for hydroxylation is 1. The molecule has 0 saturated carbocycles. The highest BCUT2D eigenvalue weighted by atomic mass is 32.1. The van der Waals surface area contributed by atoms with E-state index < -0.39 is 0 Å². The first kappa shape index (κ1) is 9.36. The van der Waals surface area contributed by atoms with Crippen LogP contribution in [0, 0.1) is 0 Å². The van der Waals surface area contributed by atoms with Gasteiger partial charge in [-0.05, 0) is 10.9 Å². The summed E-state index contributed by atoms with van der Waals surface area (Å²) >= 11 is 1.47. The molecule has 2 heterocycles. The maximum Gasteiger partial charge on any atom is 0.259 e. The molecule has 0 aromatic carbocycles. The van der Waals surface area contributed by atoms with Crippen molar-refractivity contribution in [3.8, 4) is 0 Å². The van der Waals surface area contributed by atoms with E-state index in [1.54, 1.807) is 0 Å². The zero-order chi connectivity index (χ0) is 10.1. The van der Waals surface area contributed by atoms with Gasteiger partial charge in [0, 0.05) is 13.0 Å². The van der Waals surface area contributed by atoms with Crippen molar-refractivity contribution >= 4 is 21.6 Å². The van der Waals surface area contributed by atoms with Gasteiger partial charge in [0.25, 0.3) is 5.56 Å². The number of hydrogen-bond donors (Lipinski definition) is 2. The van der Waals surface area contributed by atoms with E-state index in [0.29, 0.717) is 11.9 Å². The van der Waals surface area contributed by atoms with Gasteiger partial charge < -0.3 is 10.7 Å². The molecule has 0 spiro atoms. The van der Waals surface area contributed by atoms with Crippen LogP contribution >= 0.6 is 11.3 Å². The van der Waals surface area contributed by atoms with Gasteiger partial charge in [0.05, 0.1) is 5.39 Å². The van der Waals surface area contributed by atoms with Crippen molar-refractivity contribution < 1.29 is 0 Å². The first-order valence-electron chi connectivity index (χ1n) is 4.45. The van der Waals surface area contributed by atoms with E-state index in [9.17, 15) is 4.79 Å². The normalized spacial score (nSPS) is 11.0. The smallest absolute Gasteiger partial charge is 0.259 e. The number of nitrogens with two attached hydrogens (primary N) is 1. The lowest BCUT2D eigenvalue weighted by molar-refractivity contribution is 0.945. The molecule has 0 saturated heterocycles. The summed E-state index contributed by atoms with van der Waals surface area (Å²) in [5, 5.41) is 2.54. The lowest BCUT2D eigenvalue weighted by Crippen LogP contribution is -2.12. The standard InChI is InChI=1S/C9H11N3OS/c1-2-6-11-8(13)7-5(3-10)4-14-9(7)12-6/h4H,2-3,10H2,1H3,(H,11,12,13). The van der Waals surface area contributed by atoms with Gasteiger partial charge in [0.15, 0.2) is 0 Å². The molecule has 0 aliphatic carbocycles. The van der Waals surface area contributed by atoms with E-state index in [1.807, 2.05) is 12.3 Å². The molecule has 2 aromatic heterocycles. The van der Waals surface area contributed by atoms with Gasteiger partial charge in [-0.1, -0.05) is 6.92 Å². The lowest BCUT2D eigenvalue weighted by atomic mass is 10.2. The van der Waals surface area contributed by atoms with E-state index in [4.69, 9.17) is 5.73 Å². The number of rotatable bonds is 2. The minimum Gasteiger partial charge on any atom is -0.326 e. The fourth-order valence-corrected chi connectivity index (χ4v) is 2.34. The van der Waals surface area contributed by atoms with Crippen LogP contribution in [0.4, 0.5) is 0 Å². The molecule has 5 heteroatoms. The van der Waals surface area contributed by atoms with Crippen molar-refractivity contribution in [2.75, 3.05) is 0 Å². The summed E-state index contributed by atoms with van der Waals surface area (Å²) < 4.78 is 0. The summed E-state index contributed by atoms with van der Waals surface area (Å²) in [5.74, 6) is 0.730. The molecule has 0 fully saturated rings. The molecule has 74 valence electrons. The molecular formula is C9H11N3OS. The number of nitrogens with one attached hydrogen (secondary N) is 1. The van der Waals surface area contributed by atoms with Crippen LogP contribution in [0.3, 0.4) is 0 Å². The fraction of sp³-hybridized carbons (Fsp3) is 0.333. The number of aromatic nitrogens is 2. The molecule has 2 aromatic rings. The number of hydrogen-bond acceptors (Lipinski definition) is 4. The molecule has 0 atom stereocenters. The van der Waals surface area contributed by atoms with Gasteiger partial charge in [0.2, 0.25) is 0 Å². The van der Waals surface area contributed by atoms with Gasteiger partial charge in [0.1, 0.15) is 10.7 Å². The largest absolute Gasteiger partial charge is 0.326 e. The molecule has 0 bridgehead atoms. The van der Waals surface area contributed by atoms with Gasteiger partial charge in [-0.15, -0.1) is 11.3 Å². The number of fused-ring (bicyclic) bond motifs is 1. The third-order valence-corrected chi connectivity index (χ3v) is 3.05. The Morgan fingerprint density at radius 3 is 3.07 bits per heavy atom. The second-order valence-corrected chi connectivity index (χ2v) is 3.87. The summed E-state index contributed by atoms with van der Waals surface area (Å²) in [6.45, 7) is 2.35. The van der Waals surface area contributed by atoms with Crippen LogP contribution in [0.25, 0.3) is 10.2 Å². The first-order chi connectivity index (χ1) is 6.76. The molecule has 4 nitrogen and oxygen atoms in total. The lowest BCUT2D eigenvalue weighted by Gasteiger charge is -1.96. The maximum atomic E-state index is 11.7. The molecule has 3 N–H and O–H groups in total. The Balaban J connectivity index is 2.79. The third kappa shape index (κ3) is 1.34. The van der Waals surface area contributed by atoms with Gasteiger partial charge in [-0.2, -0.15) is 0 Å². The van der Waals surface area contributed by atoms with Crippen LogP contribution in [-0.2, 0) is 13.0 Å². The third-order valence-electron chi connectivity index (χ3n) is 2.12. The van der Waals surface area contributed by atoms with Crippen molar-refractivity contribution in [3.63, 3.8) is 0 Å². The highest BCUT2D eigenvalue weighted by Gasteiger charge is 2.08. The predicted molar refractivity (Wildman–Crippen MR) is 57.5 cm³/mol. The molecule has 0 aliphatic rings. The van der Waals surface area contributed by atoms with Crippen molar-refractivity contribution in [2.45, 2.75) is 19.9 Å². The second kappa shape index (κ2) is 3.51. The molecule has 0 radical (unpaired) electrons. The molecular weight excluding hydrogens is 198 g/mol. The zero-order valence-electron chi connectivity index (χ0n) is 7.83. The van der Waals surface area contributed by atoms with Crippen LogP contribution in [-0.4, -0.2) is 9.97 Å². The Morgan fingerprint density at radius 1 is 1.64 bits per heavy atom. The van der Waals surface area contributed by atoms with Crippen LogP contribution in [0.5, 0.6) is 0 Å². The average molecular weight is 209 g/mol. The van der Waals surface area contributed by atoms with E-state index in [0.717, 1.165) is 22.6 Å². The van der Waals surface area contributed by atoms with Gasteiger partial charge >= 0.3 is 0 Å². The Labute approximate surface area is 84.8 Å². The van der Waals surface area contributed by atoms with Crippen LogP contribution in [0.2, 0.25) is 0 Å². The second-order valence-electron chi connectivity index (χ2n) is 3.01. The Morgan fingerprint density at radius 2 is 2.43 bits per heavy atom. The summed E-state index contributed by atoms with van der Waals surface area (Å²) in [6.07, 6.45) is 0.737. The average Bonchev–Trinajstić information content (AvgIpc) is 2.61. The predicted octanol–water partition coefficient (Wildman–Crippen LogP) is 1.01. The van der Waals surface area contributed by atoms with E-state index in [2.05, 4.69) is 9.97 Å². The number of H-pyrrole nitrogens is 1. The van der Waals surface area contributed by atoms with Crippen molar-refractivity contribution in [1.29, 1.82) is 0 Å². The number of aromatic amines is 1. The quantitative estimate of drug-likeness (QED) is 0.775. The van der Waals surface area contributed by atoms with Gasteiger partial charge in [-0.3, -0.25) is 4.79 Å². The number of thiophene rings is 1. The topological polar surface area (TPSA) is 71.8 Å². The Kier molecular flexibility index (Phi) is 2.35. The van der Waals surface area contributed by atoms with E-state index in [-0.39, 0.29) is 5.56 Å². The molecule has 0 unspecified atom stereocenters. The molecule has 0 aliphatic heterocycles. The van der Waals surface area contributed by atoms with Crippen LogP contribution in [0.15, 0.2) is 10.2 Å². The SMILES string of the molecule is CCc1nc2scc(CN)c2c(=O)[nH]1. The van der Waals surface area contributed by atoms with Crippen LogP contribution in [0.1, 0.15) is 18.3 Å². The monoisotopic (exact) mass is 209 g/mol. The summed E-state index contributed by atoms with van der Waals surface area (Å²) in [6, 6.07) is 0. The molecule has 0 amide bonds. The van der Waals surface area contributed by atoms with Crippen molar-refractivity contribution in [2.24, 2.45) is 5.73 Å².